The van der Waals surface area contributed by atoms with Gasteiger partial charge in [-0.2, -0.15) is 4.98 Å². The Labute approximate surface area is 109 Å². The van der Waals surface area contributed by atoms with E-state index >= 15 is 0 Å². The third-order valence-corrected chi connectivity index (χ3v) is 3.29. The van der Waals surface area contributed by atoms with E-state index in [4.69, 9.17) is 0 Å². The number of aromatic nitrogens is 2. The van der Waals surface area contributed by atoms with Gasteiger partial charge < -0.3 is 10.3 Å². The van der Waals surface area contributed by atoms with Crippen molar-refractivity contribution in [2.24, 2.45) is 0 Å². The minimum absolute atomic E-state index is 0.314. The number of hydrogen-bond acceptors (Lipinski definition) is 3. The van der Waals surface area contributed by atoms with Gasteiger partial charge in [-0.15, -0.1) is 0 Å². The molecule has 3 rings (SSSR count). The van der Waals surface area contributed by atoms with Crippen molar-refractivity contribution >= 4 is 5.82 Å². The zero-order chi connectivity index (χ0) is 13.2. The van der Waals surface area contributed by atoms with Crippen LogP contribution in [0.1, 0.15) is 18.4 Å². The monoisotopic (exact) mass is 259 g/mol. The first-order valence-electron chi connectivity index (χ1n) is 6.37. The first-order chi connectivity index (χ1) is 9.24. The molecule has 0 unspecified atom stereocenters. The molecule has 0 spiro atoms. The number of hydrogen-bond donors (Lipinski definition) is 2. The lowest BCUT2D eigenvalue weighted by molar-refractivity contribution is 0.628. The second-order valence-electron chi connectivity index (χ2n) is 4.64. The van der Waals surface area contributed by atoms with Crippen molar-refractivity contribution in [1.82, 2.24) is 9.97 Å². The van der Waals surface area contributed by atoms with Gasteiger partial charge in [0.25, 0.3) is 0 Å². The summed E-state index contributed by atoms with van der Waals surface area (Å²) >= 11 is 0. The highest BCUT2D eigenvalue weighted by Crippen LogP contribution is 2.28. The summed E-state index contributed by atoms with van der Waals surface area (Å²) in [5.74, 6) is 0.311. The molecule has 1 aromatic heterocycles. The van der Waals surface area contributed by atoms with Crippen molar-refractivity contribution in [2.75, 3.05) is 11.9 Å². The number of rotatable bonds is 1. The second-order valence-corrected chi connectivity index (χ2v) is 4.64. The summed E-state index contributed by atoms with van der Waals surface area (Å²) in [6, 6.07) is 6.25. The number of benzene rings is 1. The molecule has 0 fully saturated rings. The summed E-state index contributed by atoms with van der Waals surface area (Å²) in [5, 5.41) is 3.17. The van der Waals surface area contributed by atoms with E-state index in [9.17, 15) is 9.18 Å². The van der Waals surface area contributed by atoms with Crippen molar-refractivity contribution in [1.29, 1.82) is 0 Å². The number of anilines is 1. The summed E-state index contributed by atoms with van der Waals surface area (Å²) in [7, 11) is 0. The van der Waals surface area contributed by atoms with E-state index in [0.29, 0.717) is 17.1 Å². The topological polar surface area (TPSA) is 57.8 Å². The van der Waals surface area contributed by atoms with Crippen molar-refractivity contribution in [3.8, 4) is 11.3 Å². The normalized spacial score (nSPS) is 14.4. The quantitative estimate of drug-likeness (QED) is 0.826. The molecule has 2 heterocycles. The molecule has 5 heteroatoms. The Morgan fingerprint density at radius 2 is 2.16 bits per heavy atom. The minimum atomic E-state index is -0.410. The van der Waals surface area contributed by atoms with Gasteiger partial charge in [0.2, 0.25) is 0 Å². The predicted octanol–water partition coefficient (Wildman–Crippen LogP) is 2.32. The molecule has 2 N–H and O–H groups in total. The molecule has 0 atom stereocenters. The van der Waals surface area contributed by atoms with Crippen LogP contribution in [0.3, 0.4) is 0 Å². The van der Waals surface area contributed by atoms with E-state index in [1.165, 1.54) is 12.1 Å². The molecule has 0 saturated heterocycles. The van der Waals surface area contributed by atoms with Gasteiger partial charge in [0.15, 0.2) is 0 Å². The molecular weight excluding hydrogens is 245 g/mol. The molecule has 1 aliphatic rings. The standard InChI is InChI=1S/C14H14FN3O/c15-10-5-3-4-9(8-10)12-11-6-1-2-7-16-13(11)18-14(19)17-12/h3-5,8H,1-2,6-7H2,(H2,16,17,18,19). The average molecular weight is 259 g/mol. The van der Waals surface area contributed by atoms with E-state index in [1.807, 2.05) is 0 Å². The molecule has 0 aliphatic carbocycles. The summed E-state index contributed by atoms with van der Waals surface area (Å²) < 4.78 is 13.3. The first kappa shape index (κ1) is 11.9. The number of H-pyrrole nitrogens is 1. The Morgan fingerprint density at radius 3 is 3.00 bits per heavy atom. The van der Waals surface area contributed by atoms with Crippen LogP contribution in [0.4, 0.5) is 10.2 Å². The Hall–Kier alpha value is -2.17. The Bertz CT molecular complexity index is 666. The van der Waals surface area contributed by atoms with E-state index in [2.05, 4.69) is 15.3 Å². The van der Waals surface area contributed by atoms with Crippen LogP contribution < -0.4 is 11.0 Å². The van der Waals surface area contributed by atoms with Crippen molar-refractivity contribution in [3.05, 3.63) is 46.1 Å². The molecule has 2 aromatic rings. The summed E-state index contributed by atoms with van der Waals surface area (Å²) in [4.78, 5) is 18.3. The van der Waals surface area contributed by atoms with Crippen LogP contribution >= 0.6 is 0 Å². The molecule has 1 aliphatic heterocycles. The van der Waals surface area contributed by atoms with Gasteiger partial charge >= 0.3 is 5.69 Å². The van der Waals surface area contributed by atoms with Gasteiger partial charge in [-0.05, 0) is 31.4 Å². The highest BCUT2D eigenvalue weighted by Gasteiger charge is 2.16. The smallest absolute Gasteiger partial charge is 0.347 e. The molecule has 98 valence electrons. The highest BCUT2D eigenvalue weighted by molar-refractivity contribution is 5.68. The minimum Gasteiger partial charge on any atom is -0.370 e. The van der Waals surface area contributed by atoms with Crippen LogP contribution in [0.15, 0.2) is 29.1 Å². The fourth-order valence-corrected chi connectivity index (χ4v) is 2.41. The zero-order valence-corrected chi connectivity index (χ0v) is 10.4. The molecule has 0 radical (unpaired) electrons. The van der Waals surface area contributed by atoms with E-state index in [1.54, 1.807) is 12.1 Å². The molecular formula is C14H14FN3O. The molecule has 19 heavy (non-hydrogen) atoms. The third kappa shape index (κ3) is 2.36. The van der Waals surface area contributed by atoms with Crippen molar-refractivity contribution in [2.45, 2.75) is 19.3 Å². The van der Waals surface area contributed by atoms with Gasteiger partial charge in [0, 0.05) is 17.7 Å². The van der Waals surface area contributed by atoms with Gasteiger partial charge in [-0.25, -0.2) is 9.18 Å². The van der Waals surface area contributed by atoms with E-state index in [-0.39, 0.29) is 5.82 Å². The SMILES string of the molecule is O=c1nc2c(c(-c3cccc(F)c3)[nH]1)CCCCN2. The number of halogens is 1. The van der Waals surface area contributed by atoms with E-state index in [0.717, 1.165) is 31.4 Å². The van der Waals surface area contributed by atoms with Crippen LogP contribution in [-0.2, 0) is 6.42 Å². The fourth-order valence-electron chi connectivity index (χ4n) is 2.41. The summed E-state index contributed by atoms with van der Waals surface area (Å²) in [6.07, 6.45) is 2.89. The number of nitrogens with zero attached hydrogens (tertiary/aromatic N) is 1. The van der Waals surface area contributed by atoms with Gasteiger partial charge in [0.1, 0.15) is 11.6 Å². The second kappa shape index (κ2) is 4.84. The third-order valence-electron chi connectivity index (χ3n) is 3.29. The molecule has 4 nitrogen and oxygen atoms in total. The molecule has 0 saturated carbocycles. The van der Waals surface area contributed by atoms with Crippen LogP contribution in [-0.4, -0.2) is 16.5 Å². The van der Waals surface area contributed by atoms with Gasteiger partial charge in [0.05, 0.1) is 5.69 Å². The van der Waals surface area contributed by atoms with E-state index < -0.39 is 5.69 Å². The predicted molar refractivity (Wildman–Crippen MR) is 71.7 cm³/mol. The van der Waals surface area contributed by atoms with Crippen LogP contribution in [0, 0.1) is 5.82 Å². The number of fused-ring (bicyclic) bond motifs is 1. The molecule has 0 bridgehead atoms. The lowest BCUT2D eigenvalue weighted by Gasteiger charge is -2.11. The maximum Gasteiger partial charge on any atom is 0.347 e. The van der Waals surface area contributed by atoms with Gasteiger partial charge in [-0.1, -0.05) is 12.1 Å². The fraction of sp³-hybridized carbons (Fsp3) is 0.286. The maximum atomic E-state index is 13.3. The Morgan fingerprint density at radius 1 is 1.26 bits per heavy atom. The van der Waals surface area contributed by atoms with Crippen LogP contribution in [0.2, 0.25) is 0 Å². The Kier molecular flexibility index (Phi) is 3.03. The molecule has 1 aromatic carbocycles. The zero-order valence-electron chi connectivity index (χ0n) is 10.4. The Balaban J connectivity index is 2.20. The van der Waals surface area contributed by atoms with Crippen molar-refractivity contribution < 1.29 is 4.39 Å². The molecule has 0 amide bonds. The maximum absolute atomic E-state index is 13.3. The average Bonchev–Trinajstić information content (AvgIpc) is 2.63. The van der Waals surface area contributed by atoms with Gasteiger partial charge in [-0.3, -0.25) is 0 Å². The van der Waals surface area contributed by atoms with Crippen LogP contribution in [0.25, 0.3) is 11.3 Å². The lowest BCUT2D eigenvalue weighted by Crippen LogP contribution is -2.17. The number of nitrogens with one attached hydrogen (secondary N) is 2. The number of aromatic amines is 1. The summed E-state index contributed by atoms with van der Waals surface area (Å²) in [6.45, 7) is 0.812. The highest BCUT2D eigenvalue weighted by atomic mass is 19.1. The van der Waals surface area contributed by atoms with Crippen molar-refractivity contribution in [3.63, 3.8) is 0 Å². The van der Waals surface area contributed by atoms with Crippen LogP contribution in [0.5, 0.6) is 0 Å². The summed E-state index contributed by atoms with van der Waals surface area (Å²) in [5.41, 5.74) is 1.90. The lowest BCUT2D eigenvalue weighted by atomic mass is 10.0. The first-order valence-corrected chi connectivity index (χ1v) is 6.37. The largest absolute Gasteiger partial charge is 0.370 e.